The van der Waals surface area contributed by atoms with E-state index in [4.69, 9.17) is 0 Å². The van der Waals surface area contributed by atoms with Gasteiger partial charge >= 0.3 is 41.9 Å². The SMILES string of the molecule is CCc1cc2c(-c3ccc([Si](C)(C)C)cc3)cc(C)cc2[cH-]1.C[Si](C)=[Zr+2].Cc1cc(-c2ccc([Si](C)(C)C)cc2)c2cc(C)[cH-]c2c1.[Cl-].[Cl-]. The van der Waals surface area contributed by atoms with Crippen LogP contribution in [0, 0.1) is 20.8 Å². The summed E-state index contributed by atoms with van der Waals surface area (Å²) in [7, 11) is -2.44. The maximum Gasteiger partial charge on any atom is 0.0775 e. The number of rotatable bonds is 5. The van der Waals surface area contributed by atoms with Gasteiger partial charge in [0.2, 0.25) is 0 Å². The fourth-order valence-corrected chi connectivity index (χ4v) is 8.47. The second-order valence-electron chi connectivity index (χ2n) is 15.5. The van der Waals surface area contributed by atoms with Crippen LogP contribution in [0.25, 0.3) is 43.8 Å². The van der Waals surface area contributed by atoms with Gasteiger partial charge in [-0.3, -0.25) is 0 Å². The first-order valence-corrected chi connectivity index (χ1v) is 30.3. The number of fused-ring (bicyclic) bond motifs is 2. The molecule has 0 aliphatic rings. The number of benzene rings is 4. The third-order valence-corrected chi connectivity index (χ3v) is 12.8. The fourth-order valence-electron chi connectivity index (χ4n) is 6.14. The molecule has 0 N–H and O–H groups in total. The van der Waals surface area contributed by atoms with Gasteiger partial charge in [0.05, 0.1) is 16.1 Å². The molecule has 0 radical (unpaired) electrons. The van der Waals surface area contributed by atoms with Crippen molar-refractivity contribution in [2.24, 2.45) is 0 Å². The van der Waals surface area contributed by atoms with Crippen molar-refractivity contribution >= 4 is 53.5 Å². The third kappa shape index (κ3) is 11.6. The van der Waals surface area contributed by atoms with Crippen molar-refractivity contribution in [2.45, 2.75) is 86.5 Å². The molecule has 0 saturated carbocycles. The van der Waals surface area contributed by atoms with E-state index in [2.05, 4.69) is 177 Å². The molecule has 0 fully saturated rings. The first-order valence-electron chi connectivity index (χ1n) is 17.1. The van der Waals surface area contributed by atoms with Gasteiger partial charge in [-0.1, -0.05) is 146 Å². The Labute approximate surface area is 327 Å². The van der Waals surface area contributed by atoms with Gasteiger partial charge < -0.3 is 24.8 Å². The Bertz CT molecular complexity index is 1980. The van der Waals surface area contributed by atoms with Crippen molar-refractivity contribution < 1.29 is 48.1 Å². The van der Waals surface area contributed by atoms with E-state index in [9.17, 15) is 0 Å². The van der Waals surface area contributed by atoms with E-state index < -0.39 is 16.1 Å². The van der Waals surface area contributed by atoms with Crippen LogP contribution >= 0.6 is 0 Å². The molecule has 6 heteroatoms. The van der Waals surface area contributed by atoms with Crippen molar-refractivity contribution in [3.8, 4) is 22.3 Å². The molecule has 0 atom stereocenters. The topological polar surface area (TPSA) is 0 Å². The zero-order valence-corrected chi connectivity index (χ0v) is 38.7. The van der Waals surface area contributed by atoms with E-state index in [1.165, 1.54) is 76.4 Å². The number of aryl methyl sites for hydroxylation is 4. The molecule has 0 spiro atoms. The van der Waals surface area contributed by atoms with Gasteiger partial charge in [0.1, 0.15) is 0 Å². The van der Waals surface area contributed by atoms with Crippen LogP contribution in [0.2, 0.25) is 52.4 Å². The molecule has 0 nitrogen and oxygen atoms in total. The molecule has 0 aromatic heterocycles. The van der Waals surface area contributed by atoms with Crippen molar-refractivity contribution in [3.63, 3.8) is 0 Å². The number of hydrogen-bond donors (Lipinski definition) is 0. The molecule has 0 bridgehead atoms. The van der Waals surface area contributed by atoms with E-state index in [0.717, 1.165) is 6.42 Å². The van der Waals surface area contributed by atoms with E-state index in [-0.39, 0.29) is 30.2 Å². The van der Waals surface area contributed by atoms with Gasteiger partial charge in [0.25, 0.3) is 0 Å². The van der Waals surface area contributed by atoms with E-state index in [0.29, 0.717) is 0 Å². The Morgan fingerprint density at radius 2 is 0.939 bits per heavy atom. The second-order valence-corrected chi connectivity index (χ2v) is 35.1. The summed E-state index contributed by atoms with van der Waals surface area (Å²) in [5.41, 5.74) is 11.1. The molecule has 6 aromatic carbocycles. The molecule has 0 unspecified atom stereocenters. The van der Waals surface area contributed by atoms with Gasteiger partial charge in [-0.15, -0.1) is 56.9 Å². The Balaban J connectivity index is 0.000000296. The smallest absolute Gasteiger partial charge is 0.0775 e. The van der Waals surface area contributed by atoms with Crippen LogP contribution in [0.4, 0.5) is 0 Å². The van der Waals surface area contributed by atoms with E-state index in [1.807, 2.05) is 0 Å². The molecule has 6 aromatic rings. The first-order chi connectivity index (χ1) is 22.0. The van der Waals surface area contributed by atoms with Crippen molar-refractivity contribution in [3.05, 3.63) is 119 Å². The second kappa shape index (κ2) is 18.1. The molecule has 0 saturated heterocycles. The van der Waals surface area contributed by atoms with E-state index >= 15 is 0 Å². The minimum atomic E-state index is -1.22. The predicted molar refractivity (Wildman–Crippen MR) is 217 cm³/mol. The summed E-state index contributed by atoms with van der Waals surface area (Å²) < 4.78 is 0. The standard InChI is InChI=1S/C21H25Si.C20H23Si.C2H6Si.2ClH.Zr/c1-6-16-13-18-11-15(2)12-20(21(18)14-16)17-7-9-19(10-8-17)22(3,4)5;1-14-10-17-11-15(2)13-20(17)19(12-14)16-6-8-18(9-7-16)21(3,4)5;1-3-2;;;/h7-14H,6H2,1-5H3;6-13H,1-5H3;1-2H3;2*1H;/q2*-1;;;;+2/p-2. The molecule has 0 aliphatic carbocycles. The summed E-state index contributed by atoms with van der Waals surface area (Å²) in [5, 5.41) is 8.55. The van der Waals surface area contributed by atoms with Crippen LogP contribution in [-0.4, -0.2) is 21.6 Å². The molecule has 0 aliphatic heterocycles. The molecule has 0 amide bonds. The van der Waals surface area contributed by atoms with E-state index in [1.54, 1.807) is 23.3 Å². The minimum absolute atomic E-state index is 0. The van der Waals surface area contributed by atoms with Crippen LogP contribution in [0.1, 0.15) is 29.2 Å². The Morgan fingerprint density at radius 1 is 0.571 bits per heavy atom. The Morgan fingerprint density at radius 3 is 1.31 bits per heavy atom. The molecule has 6 rings (SSSR count). The molecule has 258 valence electrons. The zero-order valence-electron chi connectivity index (χ0n) is 31.7. The van der Waals surface area contributed by atoms with Crippen molar-refractivity contribution in [1.82, 2.24) is 0 Å². The normalized spacial score (nSPS) is 11.1. The quantitative estimate of drug-likeness (QED) is 0.152. The number of halogens is 2. The Kier molecular flexibility index (Phi) is 16.0. The summed E-state index contributed by atoms with van der Waals surface area (Å²) in [4.78, 5) is 0. The predicted octanol–water partition coefficient (Wildman–Crippen LogP) is 5.82. The maximum atomic E-state index is 2.40. The summed E-state index contributed by atoms with van der Waals surface area (Å²) in [6.45, 7) is 27.8. The summed E-state index contributed by atoms with van der Waals surface area (Å²) in [5.74, 6) is 0. The van der Waals surface area contributed by atoms with Gasteiger partial charge in [0.15, 0.2) is 0 Å². The fraction of sp³-hybridized carbons (Fsp3) is 0.302. The van der Waals surface area contributed by atoms with Crippen LogP contribution in [0.15, 0.2) is 97.1 Å². The molecular weight excluding hydrogens is 763 g/mol. The minimum Gasteiger partial charge on any atom is -1.00 e. The monoisotopic (exact) mass is 814 g/mol. The first kappa shape index (κ1) is 43.4. The van der Waals surface area contributed by atoms with Crippen molar-refractivity contribution in [2.75, 3.05) is 0 Å². The van der Waals surface area contributed by atoms with Gasteiger partial charge in [-0.25, -0.2) is 0 Å². The van der Waals surface area contributed by atoms with Crippen LogP contribution in [0.5, 0.6) is 0 Å². The summed E-state index contributed by atoms with van der Waals surface area (Å²) in [6, 6.07) is 37.0. The zero-order chi connectivity index (χ0) is 34.7. The number of hydrogen-bond acceptors (Lipinski definition) is 0. The van der Waals surface area contributed by atoms with Gasteiger partial charge in [0, 0.05) is 0 Å². The maximum absolute atomic E-state index is 2.40. The summed E-state index contributed by atoms with van der Waals surface area (Å²) >= 11 is 1.74. The molecule has 0 heterocycles. The molecule has 49 heavy (non-hydrogen) atoms. The Hall–Kier alpha value is -1.79. The summed E-state index contributed by atoms with van der Waals surface area (Å²) in [6.07, 6.45) is 1.10. The average Bonchev–Trinajstić information content (AvgIpc) is 3.57. The van der Waals surface area contributed by atoms with Crippen LogP contribution in [-0.2, 0) is 29.8 Å². The largest absolute Gasteiger partial charge is 1.00 e. The van der Waals surface area contributed by atoms with Crippen LogP contribution in [0.3, 0.4) is 0 Å². The third-order valence-electron chi connectivity index (χ3n) is 8.67. The van der Waals surface area contributed by atoms with Crippen molar-refractivity contribution in [1.29, 1.82) is 0 Å². The molecular formula is C43H54Cl2Si3Zr-2. The van der Waals surface area contributed by atoms with Gasteiger partial charge in [-0.05, 0) is 31.4 Å². The van der Waals surface area contributed by atoms with Crippen LogP contribution < -0.4 is 35.2 Å². The van der Waals surface area contributed by atoms with Gasteiger partial charge in [-0.2, -0.15) is 12.1 Å². The average molecular weight is 817 g/mol.